The Morgan fingerprint density at radius 3 is 2.00 bits per heavy atom. The van der Waals surface area contributed by atoms with E-state index in [1.165, 1.54) is 6.07 Å². The molecule has 0 amide bonds. The minimum atomic E-state index is -4.76. The van der Waals surface area contributed by atoms with Crippen LogP contribution in [-0.2, 0) is 6.18 Å². The molecule has 0 radical (unpaired) electrons. The van der Waals surface area contributed by atoms with Crippen LogP contribution in [0.2, 0.25) is 0 Å². The number of halogens is 3. The fourth-order valence-electron chi connectivity index (χ4n) is 4.68. The highest BCUT2D eigenvalue weighted by molar-refractivity contribution is 6.23. The summed E-state index contributed by atoms with van der Waals surface area (Å²) in [6.07, 6.45) is -4.76. The van der Waals surface area contributed by atoms with Gasteiger partial charge in [0.05, 0.1) is 34.0 Å². The molecule has 164 valence electrons. The van der Waals surface area contributed by atoms with Gasteiger partial charge in [0.1, 0.15) is 0 Å². The summed E-state index contributed by atoms with van der Waals surface area (Å²) in [5.41, 5.74) is -0.558. The predicted molar refractivity (Wildman–Crippen MR) is 124 cm³/mol. The Balaban J connectivity index is 2.11. The molecule has 0 N–H and O–H groups in total. The maximum Gasteiger partial charge on any atom is 0.417 e. The van der Waals surface area contributed by atoms with Gasteiger partial charge in [0.15, 0.2) is 16.4 Å². The Labute approximate surface area is 195 Å². The summed E-state index contributed by atoms with van der Waals surface area (Å²) in [4.78, 5) is 9.85. The molecule has 0 fully saturated rings. The number of hydrogen-bond acceptors (Lipinski definition) is 3. The van der Waals surface area contributed by atoms with Gasteiger partial charge in [-0.05, 0) is 58.3 Å². The van der Waals surface area contributed by atoms with Crippen LogP contribution in [0.3, 0.4) is 0 Å². The fraction of sp³-hybridized carbons (Fsp3) is 0.0769. The molecule has 5 aromatic carbocycles. The normalized spacial score (nSPS) is 12.8. The van der Waals surface area contributed by atoms with Crippen LogP contribution in [0.1, 0.15) is 16.7 Å². The van der Waals surface area contributed by atoms with Gasteiger partial charge >= 0.3 is 6.18 Å². The summed E-state index contributed by atoms with van der Waals surface area (Å²) in [6, 6.07) is 10.6. The maximum atomic E-state index is 13.6. The molecule has 0 aliphatic rings. The Bertz CT molecular complexity index is 2050. The second-order valence-electron chi connectivity index (χ2n) is 7.86. The van der Waals surface area contributed by atoms with Gasteiger partial charge in [-0.1, -0.05) is 12.1 Å². The summed E-state index contributed by atoms with van der Waals surface area (Å²) in [7, 11) is 0. The highest BCUT2D eigenvalue weighted by Crippen LogP contribution is 2.39. The standard InChI is InChI=1S/C26H9F3N6/c1-12-5-6-14-16-8-17-15-7-13(11-30)21(26(27,28)29)10-20(15)24(34-32-3)18(17)9-19(16)25(35-33-4)22(14)23(12)31-2/h5-10H,1H3/b34-24+,35-25-. The van der Waals surface area contributed by atoms with Gasteiger partial charge < -0.3 is 0 Å². The van der Waals surface area contributed by atoms with Crippen LogP contribution in [0.25, 0.3) is 57.8 Å². The molecule has 0 bridgehead atoms. The molecule has 0 aliphatic heterocycles. The van der Waals surface area contributed by atoms with Crippen molar-refractivity contribution in [1.82, 2.24) is 0 Å². The number of rotatable bonds is 0. The Kier molecular flexibility index (Phi) is 4.56. The third kappa shape index (κ3) is 2.93. The second-order valence-corrected chi connectivity index (χ2v) is 7.86. The molecule has 6 nitrogen and oxygen atoms in total. The van der Waals surface area contributed by atoms with E-state index in [0.29, 0.717) is 43.4 Å². The summed E-state index contributed by atoms with van der Waals surface area (Å²) in [6.45, 7) is 23.9. The number of fused-ring (bicyclic) bond motifs is 6. The number of aryl methyl sites for hydroxylation is 1. The lowest BCUT2D eigenvalue weighted by molar-refractivity contribution is -0.137. The van der Waals surface area contributed by atoms with Crippen molar-refractivity contribution in [3.63, 3.8) is 0 Å². The van der Waals surface area contributed by atoms with Gasteiger partial charge in [0.2, 0.25) is 0 Å². The van der Waals surface area contributed by atoms with E-state index in [2.05, 4.69) is 25.0 Å². The molecule has 0 aromatic heterocycles. The monoisotopic (exact) mass is 462 g/mol. The molecule has 0 atom stereocenters. The molecule has 5 aromatic rings. The van der Waals surface area contributed by atoms with E-state index in [4.69, 9.17) is 19.7 Å². The zero-order chi connectivity index (χ0) is 25.1. The topological polar surface area (TPSA) is 61.6 Å². The summed E-state index contributed by atoms with van der Waals surface area (Å²) in [5.74, 6) is 0. The zero-order valence-electron chi connectivity index (χ0n) is 17.8. The van der Waals surface area contributed by atoms with Gasteiger partial charge in [0.25, 0.3) is 0 Å². The maximum absolute atomic E-state index is 13.6. The SMILES string of the molecule is [C-]#[N+]/N=c1/c2cc(C(F)(F)F)c(C#N)cc2c2cc3c(cc12)/c(=N/[N+]#[C-])c1c([N+]#[C-])c(C)ccc13. The third-order valence-electron chi connectivity index (χ3n) is 6.12. The average molecular weight is 462 g/mol. The van der Waals surface area contributed by atoms with Crippen LogP contribution >= 0.6 is 0 Å². The predicted octanol–water partition coefficient (Wildman–Crippen LogP) is 6.39. The van der Waals surface area contributed by atoms with Gasteiger partial charge in [-0.15, -0.1) is 9.91 Å². The van der Waals surface area contributed by atoms with E-state index < -0.39 is 17.3 Å². The van der Waals surface area contributed by atoms with Gasteiger partial charge in [-0.2, -0.15) is 31.6 Å². The van der Waals surface area contributed by atoms with E-state index in [-0.39, 0.29) is 16.1 Å². The number of alkyl halides is 3. The van der Waals surface area contributed by atoms with Crippen LogP contribution in [0.4, 0.5) is 18.9 Å². The lowest BCUT2D eigenvalue weighted by Crippen LogP contribution is -2.09. The molecule has 0 aliphatic carbocycles. The van der Waals surface area contributed by atoms with E-state index in [1.54, 1.807) is 31.2 Å². The largest absolute Gasteiger partial charge is 0.417 e. The average Bonchev–Trinajstić information content (AvgIpc) is 3.29. The smallest absolute Gasteiger partial charge is 0.237 e. The highest BCUT2D eigenvalue weighted by atomic mass is 19.4. The Morgan fingerprint density at radius 1 is 0.800 bits per heavy atom. The first-order valence-corrected chi connectivity index (χ1v) is 10.0. The fourth-order valence-corrected chi connectivity index (χ4v) is 4.68. The molecule has 0 unspecified atom stereocenters. The lowest BCUT2D eigenvalue weighted by Gasteiger charge is -2.08. The molecule has 35 heavy (non-hydrogen) atoms. The van der Waals surface area contributed by atoms with Crippen molar-refractivity contribution < 1.29 is 13.2 Å². The van der Waals surface area contributed by atoms with Gasteiger partial charge in [-0.25, -0.2) is 4.85 Å². The first kappa shape index (κ1) is 21.6. The summed E-state index contributed by atoms with van der Waals surface area (Å²) < 4.78 is 40.9. The first-order chi connectivity index (χ1) is 16.7. The van der Waals surface area contributed by atoms with Gasteiger partial charge in [-0.3, -0.25) is 0 Å². The van der Waals surface area contributed by atoms with Crippen molar-refractivity contribution in [2.24, 2.45) is 10.2 Å². The minimum Gasteiger partial charge on any atom is -0.237 e. The van der Waals surface area contributed by atoms with E-state index in [1.807, 2.05) is 6.07 Å². The molecule has 0 heterocycles. The van der Waals surface area contributed by atoms with Crippen molar-refractivity contribution in [3.05, 3.63) is 98.3 Å². The first-order valence-electron chi connectivity index (χ1n) is 10.0. The lowest BCUT2D eigenvalue weighted by atomic mass is 10.0. The van der Waals surface area contributed by atoms with Gasteiger partial charge in [0, 0.05) is 21.5 Å². The Morgan fingerprint density at radius 2 is 1.37 bits per heavy atom. The minimum absolute atomic E-state index is 0.0440. The number of nitrogens with zero attached hydrogens (tertiary/aromatic N) is 6. The molecular formula is C26H9F3N6. The molecule has 9 heteroatoms. The van der Waals surface area contributed by atoms with Crippen LogP contribution in [0, 0.1) is 38.0 Å². The number of benzene rings is 3. The van der Waals surface area contributed by atoms with Crippen LogP contribution in [0.15, 0.2) is 46.6 Å². The zero-order valence-corrected chi connectivity index (χ0v) is 17.8. The van der Waals surface area contributed by atoms with Crippen molar-refractivity contribution in [2.45, 2.75) is 13.1 Å². The van der Waals surface area contributed by atoms with Crippen LogP contribution < -0.4 is 10.7 Å². The van der Waals surface area contributed by atoms with Crippen molar-refractivity contribution in [2.75, 3.05) is 0 Å². The van der Waals surface area contributed by atoms with Crippen LogP contribution in [-0.4, -0.2) is 0 Å². The van der Waals surface area contributed by atoms with Crippen molar-refractivity contribution in [1.29, 1.82) is 5.26 Å². The summed E-state index contributed by atoms with van der Waals surface area (Å²) >= 11 is 0. The molecular weight excluding hydrogens is 453 g/mol. The highest BCUT2D eigenvalue weighted by Gasteiger charge is 2.34. The van der Waals surface area contributed by atoms with Crippen molar-refractivity contribution in [3.8, 4) is 6.07 Å². The Hall–Kier alpha value is -5.25. The summed E-state index contributed by atoms with van der Waals surface area (Å²) in [5, 5.41) is 21.2. The quantitative estimate of drug-likeness (QED) is 0.194. The van der Waals surface area contributed by atoms with E-state index >= 15 is 0 Å². The van der Waals surface area contributed by atoms with Crippen LogP contribution in [0.5, 0.6) is 0 Å². The molecule has 0 spiro atoms. The molecule has 0 saturated carbocycles. The molecule has 0 saturated heterocycles. The molecule has 5 rings (SSSR count). The third-order valence-corrected chi connectivity index (χ3v) is 6.12. The number of nitriles is 1. The second kappa shape index (κ2) is 7.39. The number of hydrogen-bond donors (Lipinski definition) is 0. The van der Waals surface area contributed by atoms with E-state index in [0.717, 1.165) is 11.6 Å². The van der Waals surface area contributed by atoms with E-state index in [9.17, 15) is 18.4 Å². The van der Waals surface area contributed by atoms with Crippen molar-refractivity contribution >= 4 is 48.8 Å².